The Bertz CT molecular complexity index is 812. The molecule has 7 heteroatoms. The maximum atomic E-state index is 12.2. The molecule has 23 heavy (non-hydrogen) atoms. The van der Waals surface area contributed by atoms with E-state index in [1.165, 1.54) is 34.9 Å². The van der Waals surface area contributed by atoms with Gasteiger partial charge in [0.1, 0.15) is 6.07 Å². The van der Waals surface area contributed by atoms with Crippen LogP contribution in [0.25, 0.3) is 0 Å². The van der Waals surface area contributed by atoms with Gasteiger partial charge in [0.15, 0.2) is 0 Å². The van der Waals surface area contributed by atoms with Crippen molar-refractivity contribution in [3.05, 3.63) is 63.7 Å². The van der Waals surface area contributed by atoms with Gasteiger partial charge in [-0.25, -0.2) is 0 Å². The minimum Gasteiger partial charge on any atom is -0.345 e. The summed E-state index contributed by atoms with van der Waals surface area (Å²) in [5, 5.41) is 20.1. The van der Waals surface area contributed by atoms with Gasteiger partial charge in [-0.2, -0.15) is 5.26 Å². The van der Waals surface area contributed by atoms with Crippen LogP contribution in [-0.4, -0.2) is 29.8 Å². The third-order valence-electron chi connectivity index (χ3n) is 3.04. The predicted octanol–water partition coefficient (Wildman–Crippen LogP) is 3.32. The second-order valence-corrected chi connectivity index (χ2v) is 5.93. The minimum atomic E-state index is -0.512. The van der Waals surface area contributed by atoms with E-state index < -0.39 is 4.92 Å². The summed E-state index contributed by atoms with van der Waals surface area (Å²) in [6, 6.07) is 13.0. The third kappa shape index (κ3) is 3.67. The zero-order chi connectivity index (χ0) is 17.0. The van der Waals surface area contributed by atoms with E-state index in [4.69, 9.17) is 0 Å². The van der Waals surface area contributed by atoms with Gasteiger partial charge < -0.3 is 4.90 Å². The lowest BCUT2D eigenvalue weighted by molar-refractivity contribution is -0.385. The molecule has 0 fully saturated rings. The van der Waals surface area contributed by atoms with Crippen LogP contribution < -0.4 is 0 Å². The molecule has 0 spiro atoms. The van der Waals surface area contributed by atoms with E-state index in [9.17, 15) is 20.2 Å². The van der Waals surface area contributed by atoms with Crippen molar-refractivity contribution in [2.45, 2.75) is 9.79 Å². The summed E-state index contributed by atoms with van der Waals surface area (Å²) < 4.78 is 0. The molecule has 0 unspecified atom stereocenters. The van der Waals surface area contributed by atoms with Crippen LogP contribution in [0.5, 0.6) is 0 Å². The Morgan fingerprint density at radius 2 is 1.91 bits per heavy atom. The second kappa shape index (κ2) is 6.94. The van der Waals surface area contributed by atoms with Crippen LogP contribution >= 0.6 is 11.8 Å². The van der Waals surface area contributed by atoms with Gasteiger partial charge in [0.05, 0.1) is 16.1 Å². The fraction of sp³-hybridized carbons (Fsp3) is 0.125. The summed E-state index contributed by atoms with van der Waals surface area (Å²) in [6.07, 6.45) is 0. The minimum absolute atomic E-state index is 0.0945. The van der Waals surface area contributed by atoms with Gasteiger partial charge in [0.25, 0.3) is 11.6 Å². The second-order valence-electron chi connectivity index (χ2n) is 4.85. The molecule has 0 saturated carbocycles. The molecule has 6 nitrogen and oxygen atoms in total. The molecule has 0 aliphatic rings. The Morgan fingerprint density at radius 3 is 2.52 bits per heavy atom. The van der Waals surface area contributed by atoms with Crippen molar-refractivity contribution < 1.29 is 9.72 Å². The number of carbonyl (C=O) groups is 1. The molecule has 0 radical (unpaired) electrons. The lowest BCUT2D eigenvalue weighted by atomic mass is 10.2. The van der Waals surface area contributed by atoms with Crippen LogP contribution in [0.1, 0.15) is 15.9 Å². The molecule has 0 N–H and O–H groups in total. The Kier molecular flexibility index (Phi) is 4.98. The first-order valence-electron chi connectivity index (χ1n) is 6.61. The normalized spacial score (nSPS) is 9.96. The van der Waals surface area contributed by atoms with Crippen molar-refractivity contribution in [1.29, 1.82) is 5.26 Å². The zero-order valence-corrected chi connectivity index (χ0v) is 13.3. The van der Waals surface area contributed by atoms with E-state index in [0.29, 0.717) is 20.9 Å². The molecule has 2 aromatic rings. The SMILES string of the molecule is CN(C)C(=O)c1ccccc1Sc1cc([N+](=O)[O-])ccc1C#N. The van der Waals surface area contributed by atoms with Gasteiger partial charge in [-0.05, 0) is 18.2 Å². The first kappa shape index (κ1) is 16.5. The average molecular weight is 327 g/mol. The molecule has 0 atom stereocenters. The number of non-ortho nitro benzene ring substituents is 1. The highest BCUT2D eigenvalue weighted by Crippen LogP contribution is 2.35. The van der Waals surface area contributed by atoms with Crippen molar-refractivity contribution in [2.75, 3.05) is 14.1 Å². The number of nitriles is 1. The van der Waals surface area contributed by atoms with Crippen LogP contribution in [0.2, 0.25) is 0 Å². The van der Waals surface area contributed by atoms with Crippen molar-refractivity contribution in [3.63, 3.8) is 0 Å². The molecule has 1 amide bonds. The van der Waals surface area contributed by atoms with Crippen molar-refractivity contribution >= 4 is 23.4 Å². The standard InChI is InChI=1S/C16H13N3O3S/c1-18(2)16(20)13-5-3-4-6-14(13)23-15-9-12(19(21)22)8-7-11(15)10-17/h3-9H,1-2H3. The molecule has 2 rings (SSSR count). The molecule has 0 aliphatic heterocycles. The number of hydrogen-bond donors (Lipinski definition) is 0. The molecule has 2 aromatic carbocycles. The number of nitro groups is 1. The molecule has 0 saturated heterocycles. The lowest BCUT2D eigenvalue weighted by Crippen LogP contribution is -2.22. The molecule has 0 aliphatic carbocycles. The Morgan fingerprint density at radius 1 is 1.22 bits per heavy atom. The lowest BCUT2D eigenvalue weighted by Gasteiger charge is -2.14. The number of amides is 1. The summed E-state index contributed by atoms with van der Waals surface area (Å²) in [7, 11) is 3.30. The fourth-order valence-electron chi connectivity index (χ4n) is 1.89. The van der Waals surface area contributed by atoms with Crippen molar-refractivity contribution in [3.8, 4) is 6.07 Å². The van der Waals surface area contributed by atoms with Gasteiger partial charge in [-0.1, -0.05) is 23.9 Å². The zero-order valence-electron chi connectivity index (χ0n) is 12.5. The summed E-state index contributed by atoms with van der Waals surface area (Å²) >= 11 is 1.17. The smallest absolute Gasteiger partial charge is 0.270 e. The summed E-state index contributed by atoms with van der Waals surface area (Å²) in [6.45, 7) is 0. The van der Waals surface area contributed by atoms with Gasteiger partial charge in [-0.15, -0.1) is 0 Å². The van der Waals surface area contributed by atoms with Gasteiger partial charge in [0.2, 0.25) is 0 Å². The molecule has 0 bridgehead atoms. The number of rotatable bonds is 4. The highest BCUT2D eigenvalue weighted by molar-refractivity contribution is 7.99. The topological polar surface area (TPSA) is 87.2 Å². The highest BCUT2D eigenvalue weighted by atomic mass is 32.2. The van der Waals surface area contributed by atoms with Crippen LogP contribution in [0.15, 0.2) is 52.3 Å². The number of hydrogen-bond acceptors (Lipinski definition) is 5. The Balaban J connectivity index is 2.48. The van der Waals surface area contributed by atoms with Gasteiger partial charge >= 0.3 is 0 Å². The monoisotopic (exact) mass is 327 g/mol. The average Bonchev–Trinajstić information content (AvgIpc) is 2.54. The molecular formula is C16H13N3O3S. The van der Waals surface area contributed by atoms with E-state index in [0.717, 1.165) is 0 Å². The quantitative estimate of drug-likeness (QED) is 0.635. The van der Waals surface area contributed by atoms with E-state index in [2.05, 4.69) is 0 Å². The Labute approximate surface area is 137 Å². The molecule has 116 valence electrons. The molecule has 0 aromatic heterocycles. The van der Waals surface area contributed by atoms with Crippen LogP contribution in [0.4, 0.5) is 5.69 Å². The van der Waals surface area contributed by atoms with Crippen LogP contribution in [0, 0.1) is 21.4 Å². The van der Waals surface area contributed by atoms with E-state index >= 15 is 0 Å². The van der Waals surface area contributed by atoms with Crippen LogP contribution in [-0.2, 0) is 0 Å². The number of nitro benzene ring substituents is 1. The summed E-state index contributed by atoms with van der Waals surface area (Å²) in [5.41, 5.74) is 0.716. The first-order chi connectivity index (χ1) is 10.9. The number of nitrogens with zero attached hydrogens (tertiary/aromatic N) is 3. The predicted molar refractivity (Wildman–Crippen MR) is 86.4 cm³/mol. The Hall–Kier alpha value is -2.85. The summed E-state index contributed by atoms with van der Waals surface area (Å²) in [4.78, 5) is 25.2. The van der Waals surface area contributed by atoms with Crippen LogP contribution in [0.3, 0.4) is 0 Å². The van der Waals surface area contributed by atoms with Gasteiger partial charge in [-0.3, -0.25) is 14.9 Å². The van der Waals surface area contributed by atoms with Gasteiger partial charge in [0, 0.05) is 36.0 Å². The maximum absolute atomic E-state index is 12.2. The highest BCUT2D eigenvalue weighted by Gasteiger charge is 2.17. The number of benzene rings is 2. The van der Waals surface area contributed by atoms with E-state index in [-0.39, 0.29) is 11.6 Å². The van der Waals surface area contributed by atoms with E-state index in [1.807, 2.05) is 6.07 Å². The maximum Gasteiger partial charge on any atom is 0.270 e. The third-order valence-corrected chi connectivity index (χ3v) is 4.17. The van der Waals surface area contributed by atoms with E-state index in [1.54, 1.807) is 38.4 Å². The molecule has 0 heterocycles. The van der Waals surface area contributed by atoms with Crippen molar-refractivity contribution in [1.82, 2.24) is 4.90 Å². The molecular weight excluding hydrogens is 314 g/mol. The fourth-order valence-corrected chi connectivity index (χ4v) is 2.95. The number of carbonyl (C=O) groups excluding carboxylic acids is 1. The largest absolute Gasteiger partial charge is 0.345 e. The van der Waals surface area contributed by atoms with Crippen molar-refractivity contribution in [2.24, 2.45) is 0 Å². The first-order valence-corrected chi connectivity index (χ1v) is 7.42. The summed E-state index contributed by atoms with van der Waals surface area (Å²) in [5.74, 6) is -0.169.